The molecule has 0 aliphatic heterocycles. The Morgan fingerprint density at radius 3 is 2.83 bits per heavy atom. The second kappa shape index (κ2) is 6.26. The average Bonchev–Trinajstić information content (AvgIpc) is 3.46. The van der Waals surface area contributed by atoms with Gasteiger partial charge < -0.3 is 5.32 Å². The average molecular weight is 342 g/mol. The fraction of sp³-hybridized carbons (Fsp3) is 0.500. The highest BCUT2D eigenvalue weighted by atomic mass is 32.1. The molecule has 2 aromatic rings. The first-order valence-electron chi connectivity index (χ1n) is 8.55. The van der Waals surface area contributed by atoms with Crippen molar-refractivity contribution in [1.82, 2.24) is 15.5 Å². The van der Waals surface area contributed by atoms with Gasteiger partial charge in [0.15, 0.2) is 0 Å². The Morgan fingerprint density at radius 2 is 2.12 bits per heavy atom. The van der Waals surface area contributed by atoms with Crippen LogP contribution in [0.4, 0.5) is 5.13 Å². The molecule has 5 nitrogen and oxygen atoms in total. The third-order valence-corrected chi connectivity index (χ3v) is 5.60. The zero-order valence-corrected chi connectivity index (χ0v) is 14.8. The zero-order valence-electron chi connectivity index (χ0n) is 14.0. The summed E-state index contributed by atoms with van der Waals surface area (Å²) in [6, 6.07) is 6.55. The van der Waals surface area contributed by atoms with Crippen molar-refractivity contribution in [1.29, 1.82) is 0 Å². The Bertz CT molecular complexity index is 768. The predicted molar refractivity (Wildman–Crippen MR) is 95.7 cm³/mol. The maximum Gasteiger partial charge on any atom is 0.257 e. The van der Waals surface area contributed by atoms with Gasteiger partial charge in [0, 0.05) is 17.5 Å². The molecule has 0 radical (unpaired) electrons. The second-order valence-corrected chi connectivity index (χ2v) is 8.13. The van der Waals surface area contributed by atoms with Crippen LogP contribution in [-0.2, 0) is 0 Å². The van der Waals surface area contributed by atoms with Crippen LogP contribution < -0.4 is 10.6 Å². The van der Waals surface area contributed by atoms with Crippen molar-refractivity contribution in [3.63, 3.8) is 0 Å². The molecular formula is C18H22N4OS. The van der Waals surface area contributed by atoms with E-state index in [1.807, 2.05) is 25.1 Å². The molecular weight excluding hydrogens is 320 g/mol. The zero-order chi connectivity index (χ0) is 16.7. The van der Waals surface area contributed by atoms with Gasteiger partial charge in [0.25, 0.3) is 5.91 Å². The number of hydrogen-bond acceptors (Lipinski definition) is 5. The molecule has 2 aliphatic rings. The molecule has 0 spiro atoms. The summed E-state index contributed by atoms with van der Waals surface area (Å²) in [5.74, 6) is 1.33. The Kier molecular flexibility index (Phi) is 4.10. The molecule has 126 valence electrons. The molecule has 1 amide bonds. The first-order chi connectivity index (χ1) is 11.6. The SMILES string of the molecule is Cc1nnc(NC(=O)c2ccc(C)c([C@@H]3C[C@H]3NCC3CC3)c2)s1. The molecule has 1 aromatic carbocycles. The number of benzene rings is 1. The van der Waals surface area contributed by atoms with E-state index in [1.54, 1.807) is 0 Å². The molecule has 2 aliphatic carbocycles. The summed E-state index contributed by atoms with van der Waals surface area (Å²) in [6.45, 7) is 5.15. The minimum absolute atomic E-state index is 0.115. The van der Waals surface area contributed by atoms with Crippen LogP contribution in [0, 0.1) is 19.8 Å². The summed E-state index contributed by atoms with van der Waals surface area (Å²) >= 11 is 1.39. The first kappa shape index (κ1) is 15.7. The summed E-state index contributed by atoms with van der Waals surface area (Å²) in [6.07, 6.45) is 3.93. The Balaban J connectivity index is 1.44. The molecule has 0 unspecified atom stereocenters. The van der Waals surface area contributed by atoms with Gasteiger partial charge >= 0.3 is 0 Å². The van der Waals surface area contributed by atoms with Gasteiger partial charge in [-0.05, 0) is 68.8 Å². The number of rotatable bonds is 6. The van der Waals surface area contributed by atoms with E-state index in [1.165, 1.54) is 41.7 Å². The van der Waals surface area contributed by atoms with E-state index in [0.29, 0.717) is 22.7 Å². The molecule has 1 aromatic heterocycles. The van der Waals surface area contributed by atoms with Crippen molar-refractivity contribution >= 4 is 22.4 Å². The van der Waals surface area contributed by atoms with E-state index in [0.717, 1.165) is 17.5 Å². The summed E-state index contributed by atoms with van der Waals surface area (Å²) in [7, 11) is 0. The van der Waals surface area contributed by atoms with Gasteiger partial charge in [-0.3, -0.25) is 10.1 Å². The molecule has 2 atom stereocenters. The van der Waals surface area contributed by atoms with Crippen molar-refractivity contribution in [3.8, 4) is 0 Å². The van der Waals surface area contributed by atoms with Crippen molar-refractivity contribution < 1.29 is 4.79 Å². The van der Waals surface area contributed by atoms with Gasteiger partial charge in [0.1, 0.15) is 5.01 Å². The highest BCUT2D eigenvalue weighted by Crippen LogP contribution is 2.43. The minimum atomic E-state index is -0.115. The summed E-state index contributed by atoms with van der Waals surface area (Å²) in [5.41, 5.74) is 3.25. The standard InChI is InChI=1S/C18H22N4OS/c1-10-3-6-13(17(23)20-18-22-21-11(2)24-18)7-14(10)15-8-16(15)19-9-12-4-5-12/h3,6-7,12,15-16,19H,4-5,8-9H2,1-2H3,(H,20,22,23)/t15-,16+/m0/s1. The van der Waals surface area contributed by atoms with Crippen LogP contribution in [0.25, 0.3) is 0 Å². The van der Waals surface area contributed by atoms with E-state index in [2.05, 4.69) is 27.8 Å². The monoisotopic (exact) mass is 342 g/mol. The van der Waals surface area contributed by atoms with Crippen molar-refractivity contribution in [2.24, 2.45) is 5.92 Å². The fourth-order valence-electron chi connectivity index (χ4n) is 3.10. The molecule has 0 saturated heterocycles. The first-order valence-corrected chi connectivity index (χ1v) is 9.37. The molecule has 6 heteroatoms. The fourth-order valence-corrected chi connectivity index (χ4v) is 3.69. The van der Waals surface area contributed by atoms with Gasteiger partial charge in [0.05, 0.1) is 0 Å². The number of aryl methyl sites for hydroxylation is 2. The Hall–Kier alpha value is -1.79. The molecule has 0 bridgehead atoms. The van der Waals surface area contributed by atoms with Crippen LogP contribution in [0.2, 0.25) is 0 Å². The number of aromatic nitrogens is 2. The molecule has 24 heavy (non-hydrogen) atoms. The maximum absolute atomic E-state index is 12.4. The number of hydrogen-bond donors (Lipinski definition) is 2. The molecule has 4 rings (SSSR count). The predicted octanol–water partition coefficient (Wildman–Crippen LogP) is 3.26. The van der Waals surface area contributed by atoms with Crippen molar-refractivity contribution in [2.75, 3.05) is 11.9 Å². The molecule has 1 heterocycles. The third kappa shape index (κ3) is 3.49. The number of carbonyl (C=O) groups excluding carboxylic acids is 1. The van der Waals surface area contributed by atoms with E-state index >= 15 is 0 Å². The summed E-state index contributed by atoms with van der Waals surface area (Å²) in [5, 5.41) is 15.8. The number of carbonyl (C=O) groups is 1. The lowest BCUT2D eigenvalue weighted by atomic mass is 10.0. The van der Waals surface area contributed by atoms with Gasteiger partial charge in [-0.1, -0.05) is 17.4 Å². The summed E-state index contributed by atoms with van der Waals surface area (Å²) in [4.78, 5) is 12.4. The van der Waals surface area contributed by atoms with Crippen molar-refractivity contribution in [2.45, 2.75) is 45.1 Å². The molecule has 2 saturated carbocycles. The smallest absolute Gasteiger partial charge is 0.257 e. The number of nitrogens with one attached hydrogen (secondary N) is 2. The van der Waals surface area contributed by atoms with Crippen LogP contribution in [0.15, 0.2) is 18.2 Å². The van der Waals surface area contributed by atoms with E-state index in [9.17, 15) is 4.79 Å². The normalized spacial score (nSPS) is 22.4. The second-order valence-electron chi connectivity index (χ2n) is 6.95. The van der Waals surface area contributed by atoms with Gasteiger partial charge in [-0.2, -0.15) is 0 Å². The van der Waals surface area contributed by atoms with Gasteiger partial charge in [-0.25, -0.2) is 0 Å². The lowest BCUT2D eigenvalue weighted by Crippen LogP contribution is -2.20. The third-order valence-electron chi connectivity index (χ3n) is 4.84. The van der Waals surface area contributed by atoms with Crippen LogP contribution in [0.5, 0.6) is 0 Å². The number of amides is 1. The van der Waals surface area contributed by atoms with E-state index in [4.69, 9.17) is 0 Å². The van der Waals surface area contributed by atoms with Crippen LogP contribution >= 0.6 is 11.3 Å². The van der Waals surface area contributed by atoms with Crippen molar-refractivity contribution in [3.05, 3.63) is 39.9 Å². The van der Waals surface area contributed by atoms with Crippen LogP contribution in [-0.4, -0.2) is 28.7 Å². The highest BCUT2D eigenvalue weighted by molar-refractivity contribution is 7.15. The highest BCUT2D eigenvalue weighted by Gasteiger charge is 2.40. The number of anilines is 1. The number of nitrogens with zero attached hydrogens (tertiary/aromatic N) is 2. The quantitative estimate of drug-likeness (QED) is 0.845. The van der Waals surface area contributed by atoms with E-state index < -0.39 is 0 Å². The maximum atomic E-state index is 12.4. The van der Waals surface area contributed by atoms with E-state index in [-0.39, 0.29) is 5.91 Å². The van der Waals surface area contributed by atoms with Crippen LogP contribution in [0.3, 0.4) is 0 Å². The topological polar surface area (TPSA) is 66.9 Å². The Morgan fingerprint density at radius 1 is 1.29 bits per heavy atom. The minimum Gasteiger partial charge on any atom is -0.313 e. The molecule has 2 N–H and O–H groups in total. The lowest BCUT2D eigenvalue weighted by Gasteiger charge is -2.09. The van der Waals surface area contributed by atoms with Gasteiger partial charge in [0.2, 0.25) is 5.13 Å². The largest absolute Gasteiger partial charge is 0.313 e. The Labute approximate surface area is 145 Å². The molecule has 2 fully saturated rings. The van der Waals surface area contributed by atoms with Crippen LogP contribution in [0.1, 0.15) is 51.7 Å². The summed E-state index contributed by atoms with van der Waals surface area (Å²) < 4.78 is 0. The van der Waals surface area contributed by atoms with Gasteiger partial charge in [-0.15, -0.1) is 10.2 Å². The lowest BCUT2D eigenvalue weighted by molar-refractivity contribution is 0.102.